The number of benzene rings is 1. The van der Waals surface area contributed by atoms with Crippen LogP contribution >= 0.6 is 11.6 Å². The Hall–Kier alpha value is -2.80. The van der Waals surface area contributed by atoms with Gasteiger partial charge in [-0.2, -0.15) is 5.10 Å². The second-order valence-corrected chi connectivity index (χ2v) is 8.39. The van der Waals surface area contributed by atoms with E-state index >= 15 is 0 Å². The molecule has 0 fully saturated rings. The van der Waals surface area contributed by atoms with E-state index < -0.39 is 11.4 Å². The molecule has 0 aliphatic rings. The number of halogens is 2. The van der Waals surface area contributed by atoms with Crippen molar-refractivity contribution in [3.8, 4) is 5.95 Å². The van der Waals surface area contributed by atoms with Crippen LogP contribution in [0.15, 0.2) is 24.3 Å². The highest BCUT2D eigenvalue weighted by molar-refractivity contribution is 6.31. The maximum atomic E-state index is 13.4. The molecule has 0 aliphatic carbocycles. The van der Waals surface area contributed by atoms with Gasteiger partial charge in [-0.15, -0.1) is 0 Å². The largest absolute Gasteiger partial charge is 0.347 e. The van der Waals surface area contributed by atoms with Gasteiger partial charge >= 0.3 is 0 Å². The van der Waals surface area contributed by atoms with Crippen LogP contribution in [0.5, 0.6) is 0 Å². The average Bonchev–Trinajstić information content (AvgIpc) is 2.88. The third-order valence-corrected chi connectivity index (χ3v) is 5.31. The molecule has 0 aliphatic heterocycles. The number of rotatable bonds is 5. The number of carbonyl (C=O) groups excluding carboxylic acids is 1. The third-order valence-electron chi connectivity index (χ3n) is 4.99. The molecule has 2 heterocycles. The van der Waals surface area contributed by atoms with Crippen molar-refractivity contribution >= 4 is 17.5 Å². The van der Waals surface area contributed by atoms with Crippen molar-refractivity contribution in [2.24, 2.45) is 0 Å². The number of aryl methyl sites for hydroxylation is 3. The van der Waals surface area contributed by atoms with Crippen LogP contribution in [0.4, 0.5) is 4.39 Å². The Morgan fingerprint density at radius 3 is 2.37 bits per heavy atom. The second-order valence-electron chi connectivity index (χ2n) is 7.99. The van der Waals surface area contributed by atoms with Crippen molar-refractivity contribution in [3.05, 3.63) is 69.0 Å². The Labute approximate surface area is 180 Å². The Morgan fingerprint density at radius 2 is 1.77 bits per heavy atom. The smallest absolute Gasteiger partial charge is 0.251 e. The summed E-state index contributed by atoms with van der Waals surface area (Å²) in [5.41, 5.74) is 3.94. The van der Waals surface area contributed by atoms with Crippen LogP contribution in [0.2, 0.25) is 5.02 Å². The van der Waals surface area contributed by atoms with Crippen LogP contribution in [0, 0.1) is 33.5 Å². The summed E-state index contributed by atoms with van der Waals surface area (Å²) in [6.45, 7) is 11.2. The Balaban J connectivity index is 1.84. The number of carbonyl (C=O) groups is 1. The highest BCUT2D eigenvalue weighted by atomic mass is 35.5. The first-order valence-corrected chi connectivity index (χ1v) is 10.00. The van der Waals surface area contributed by atoms with Crippen molar-refractivity contribution < 1.29 is 9.18 Å². The Kier molecular flexibility index (Phi) is 5.94. The van der Waals surface area contributed by atoms with E-state index in [2.05, 4.69) is 20.4 Å². The van der Waals surface area contributed by atoms with Gasteiger partial charge in [0, 0.05) is 27.7 Å². The van der Waals surface area contributed by atoms with Crippen molar-refractivity contribution in [2.45, 2.75) is 53.5 Å². The summed E-state index contributed by atoms with van der Waals surface area (Å²) in [7, 11) is 0. The number of hydrogen-bond acceptors (Lipinski definition) is 4. The molecule has 3 rings (SSSR count). The second kappa shape index (κ2) is 8.14. The zero-order chi connectivity index (χ0) is 22.2. The Bertz CT molecular complexity index is 1100. The van der Waals surface area contributed by atoms with E-state index in [1.807, 2.05) is 47.6 Å². The molecule has 0 saturated heterocycles. The van der Waals surface area contributed by atoms with E-state index in [0.29, 0.717) is 11.5 Å². The maximum Gasteiger partial charge on any atom is 0.251 e. The predicted octanol–water partition coefficient (Wildman–Crippen LogP) is 4.28. The quantitative estimate of drug-likeness (QED) is 0.656. The minimum absolute atomic E-state index is 0.144. The summed E-state index contributed by atoms with van der Waals surface area (Å²) < 4.78 is 15.0. The van der Waals surface area contributed by atoms with Gasteiger partial charge in [-0.25, -0.2) is 19.0 Å². The summed E-state index contributed by atoms with van der Waals surface area (Å²) in [5, 5.41) is 7.80. The van der Waals surface area contributed by atoms with E-state index in [0.717, 1.165) is 28.3 Å². The first-order chi connectivity index (χ1) is 14.0. The lowest BCUT2D eigenvalue weighted by atomic mass is 9.93. The number of amides is 1. The standard InChI is InChI=1S/C22H25ClFN5O/c1-12-9-13(2)26-21(25-12)29-15(4)17(14(3)28-29)11-20(30)27-22(5,6)18-8-7-16(24)10-19(18)23/h7-10H,11H2,1-6H3,(H,27,30). The number of aromatic nitrogens is 4. The summed E-state index contributed by atoms with van der Waals surface area (Å²) in [6, 6.07) is 6.06. The highest BCUT2D eigenvalue weighted by Crippen LogP contribution is 2.28. The SMILES string of the molecule is Cc1cc(C)nc(-n2nc(C)c(CC(=O)NC(C)(C)c3ccc(F)cc3Cl)c2C)n1. The van der Waals surface area contributed by atoms with E-state index in [1.54, 1.807) is 10.7 Å². The summed E-state index contributed by atoms with van der Waals surface area (Å²) in [6.07, 6.45) is 0.144. The minimum atomic E-state index is -0.767. The summed E-state index contributed by atoms with van der Waals surface area (Å²) in [5.74, 6) is -0.121. The van der Waals surface area contributed by atoms with E-state index in [1.165, 1.54) is 12.1 Å². The molecule has 0 unspecified atom stereocenters. The highest BCUT2D eigenvalue weighted by Gasteiger charge is 2.27. The summed E-state index contributed by atoms with van der Waals surface area (Å²) >= 11 is 6.19. The van der Waals surface area contributed by atoms with Gasteiger partial charge in [0.15, 0.2) is 0 Å². The van der Waals surface area contributed by atoms with Gasteiger partial charge in [0.25, 0.3) is 5.95 Å². The molecule has 158 valence electrons. The average molecular weight is 430 g/mol. The topological polar surface area (TPSA) is 72.7 Å². The molecule has 6 nitrogen and oxygen atoms in total. The molecule has 2 aromatic heterocycles. The molecular weight excluding hydrogens is 405 g/mol. The van der Waals surface area contributed by atoms with Crippen molar-refractivity contribution in [3.63, 3.8) is 0 Å². The fourth-order valence-electron chi connectivity index (χ4n) is 3.54. The molecule has 0 radical (unpaired) electrons. The zero-order valence-corrected chi connectivity index (χ0v) is 18.7. The van der Waals surface area contributed by atoms with Crippen LogP contribution < -0.4 is 5.32 Å². The third kappa shape index (κ3) is 4.51. The molecule has 0 spiro atoms. The molecule has 8 heteroatoms. The lowest BCUT2D eigenvalue weighted by Crippen LogP contribution is -2.42. The van der Waals surface area contributed by atoms with E-state index in [4.69, 9.17) is 11.6 Å². The van der Waals surface area contributed by atoms with Crippen LogP contribution in [0.1, 0.15) is 47.8 Å². The molecule has 0 bridgehead atoms. The molecular formula is C22H25ClFN5O. The summed E-state index contributed by atoms with van der Waals surface area (Å²) in [4.78, 5) is 21.8. The van der Waals surface area contributed by atoms with Crippen molar-refractivity contribution in [1.29, 1.82) is 0 Å². The van der Waals surface area contributed by atoms with Crippen LogP contribution in [-0.2, 0) is 16.8 Å². The first kappa shape index (κ1) is 21.9. The van der Waals surface area contributed by atoms with Crippen LogP contribution in [-0.4, -0.2) is 25.7 Å². The van der Waals surface area contributed by atoms with Gasteiger partial charge < -0.3 is 5.32 Å². The van der Waals surface area contributed by atoms with Gasteiger partial charge in [-0.05, 0) is 65.3 Å². The fourth-order valence-corrected chi connectivity index (χ4v) is 3.95. The molecule has 30 heavy (non-hydrogen) atoms. The van der Waals surface area contributed by atoms with E-state index in [-0.39, 0.29) is 17.4 Å². The lowest BCUT2D eigenvalue weighted by Gasteiger charge is -2.28. The zero-order valence-electron chi connectivity index (χ0n) is 18.0. The van der Waals surface area contributed by atoms with Gasteiger partial charge in [-0.1, -0.05) is 17.7 Å². The van der Waals surface area contributed by atoms with E-state index in [9.17, 15) is 9.18 Å². The molecule has 3 aromatic rings. The molecule has 1 amide bonds. The lowest BCUT2D eigenvalue weighted by molar-refractivity contribution is -0.122. The predicted molar refractivity (Wildman–Crippen MR) is 114 cm³/mol. The number of nitrogens with one attached hydrogen (secondary N) is 1. The van der Waals surface area contributed by atoms with Crippen molar-refractivity contribution in [2.75, 3.05) is 0 Å². The molecule has 1 aromatic carbocycles. The maximum absolute atomic E-state index is 13.4. The van der Waals surface area contributed by atoms with Crippen LogP contribution in [0.25, 0.3) is 5.95 Å². The Morgan fingerprint density at radius 1 is 1.13 bits per heavy atom. The van der Waals surface area contributed by atoms with Gasteiger partial charge in [0.2, 0.25) is 5.91 Å². The van der Waals surface area contributed by atoms with Crippen molar-refractivity contribution in [1.82, 2.24) is 25.1 Å². The van der Waals surface area contributed by atoms with Gasteiger partial charge in [-0.3, -0.25) is 4.79 Å². The minimum Gasteiger partial charge on any atom is -0.347 e. The fraction of sp³-hybridized carbons (Fsp3) is 0.364. The van der Waals surface area contributed by atoms with Gasteiger partial charge in [0.1, 0.15) is 5.82 Å². The normalized spacial score (nSPS) is 11.6. The number of hydrogen-bond donors (Lipinski definition) is 1. The molecule has 0 atom stereocenters. The monoisotopic (exact) mass is 429 g/mol. The number of nitrogens with zero attached hydrogens (tertiary/aromatic N) is 4. The van der Waals surface area contributed by atoms with Crippen LogP contribution in [0.3, 0.4) is 0 Å². The molecule has 0 saturated carbocycles. The van der Waals surface area contributed by atoms with Gasteiger partial charge in [0.05, 0.1) is 17.7 Å². The first-order valence-electron chi connectivity index (χ1n) is 9.62. The molecule has 1 N–H and O–H groups in total.